The van der Waals surface area contributed by atoms with E-state index in [0.29, 0.717) is 5.41 Å². The van der Waals surface area contributed by atoms with Crippen molar-refractivity contribution in [2.24, 2.45) is 11.3 Å². The predicted octanol–water partition coefficient (Wildman–Crippen LogP) is 4.29. The molecule has 1 aliphatic rings. The Labute approximate surface area is 131 Å². The van der Waals surface area contributed by atoms with Crippen LogP contribution < -0.4 is 0 Å². The van der Waals surface area contributed by atoms with Gasteiger partial charge in [0.25, 0.3) is 0 Å². The Hall–Kier alpha value is 0.270. The Kier molecular flexibility index (Phi) is 9.23. The minimum absolute atomic E-state index is 0.447. The first-order chi connectivity index (χ1) is 9.51. The van der Waals surface area contributed by atoms with E-state index in [0.717, 1.165) is 12.5 Å². The van der Waals surface area contributed by atoms with Crippen molar-refractivity contribution < 1.29 is 4.74 Å². The van der Waals surface area contributed by atoms with E-state index in [-0.39, 0.29) is 0 Å². The third-order valence-corrected chi connectivity index (χ3v) is 5.01. The molecule has 2 nitrogen and oxygen atoms in total. The summed E-state index contributed by atoms with van der Waals surface area (Å²) in [5.41, 5.74) is 0.447. The second kappa shape index (κ2) is 10.1. The van der Waals surface area contributed by atoms with E-state index >= 15 is 0 Å². The Bertz CT molecular complexity index is 234. The van der Waals surface area contributed by atoms with Crippen LogP contribution in [-0.2, 0) is 4.74 Å². The molecule has 0 aromatic heterocycles. The highest BCUT2D eigenvalue weighted by Gasteiger charge is 2.18. The average Bonchev–Trinajstić information content (AvgIpc) is 2.40. The molecule has 1 aliphatic heterocycles. The fraction of sp³-hybridized carbons (Fsp3) is 1.00. The molecule has 0 unspecified atom stereocenters. The van der Waals surface area contributed by atoms with Crippen molar-refractivity contribution in [2.45, 2.75) is 52.9 Å². The minimum Gasteiger partial charge on any atom is -0.385 e. The molecule has 0 aromatic rings. The maximum absolute atomic E-state index is 5.28. The van der Waals surface area contributed by atoms with Gasteiger partial charge >= 0.3 is 0 Å². The van der Waals surface area contributed by atoms with E-state index in [4.69, 9.17) is 4.74 Å². The monoisotopic (exact) mass is 301 g/mol. The molecule has 20 heavy (non-hydrogen) atoms. The van der Waals surface area contributed by atoms with Crippen LogP contribution in [0.15, 0.2) is 0 Å². The fourth-order valence-corrected chi connectivity index (χ4v) is 4.07. The van der Waals surface area contributed by atoms with E-state index in [1.807, 2.05) is 7.11 Å². The Morgan fingerprint density at radius 1 is 1.10 bits per heavy atom. The van der Waals surface area contributed by atoms with E-state index in [1.165, 1.54) is 63.2 Å². The molecule has 0 aromatic carbocycles. The normalized spacial score (nSPS) is 19.2. The molecule has 3 heteroatoms. The second-order valence-electron chi connectivity index (χ2n) is 7.36. The van der Waals surface area contributed by atoms with E-state index in [9.17, 15) is 0 Å². The zero-order valence-corrected chi connectivity index (χ0v) is 14.9. The number of hydrogen-bond acceptors (Lipinski definition) is 3. The molecule has 0 bridgehead atoms. The lowest BCUT2D eigenvalue weighted by Crippen LogP contribution is -2.33. The summed E-state index contributed by atoms with van der Waals surface area (Å²) >= 11 is 2.10. The van der Waals surface area contributed by atoms with Crippen LogP contribution in [0, 0.1) is 11.3 Å². The molecule has 0 spiro atoms. The number of thioether (sulfide) groups is 1. The maximum atomic E-state index is 5.28. The van der Waals surface area contributed by atoms with Crippen LogP contribution >= 0.6 is 11.8 Å². The van der Waals surface area contributed by atoms with Gasteiger partial charge in [-0.1, -0.05) is 33.6 Å². The van der Waals surface area contributed by atoms with Gasteiger partial charge in [0.05, 0.1) is 0 Å². The van der Waals surface area contributed by atoms with Crippen LogP contribution in [0.1, 0.15) is 52.9 Å². The first-order valence-electron chi connectivity index (χ1n) is 8.30. The highest BCUT2D eigenvalue weighted by molar-refractivity contribution is 7.99. The van der Waals surface area contributed by atoms with Gasteiger partial charge in [0.15, 0.2) is 0 Å². The maximum Gasteiger partial charge on any atom is 0.0464 e. The molecule has 120 valence electrons. The number of unbranched alkanes of at least 4 members (excludes halogenated alkanes) is 1. The first-order valence-corrected chi connectivity index (χ1v) is 9.46. The lowest BCUT2D eigenvalue weighted by Gasteiger charge is -2.28. The lowest BCUT2D eigenvalue weighted by molar-refractivity contribution is 0.156. The second-order valence-corrected chi connectivity index (χ2v) is 8.59. The summed E-state index contributed by atoms with van der Waals surface area (Å²) in [6, 6.07) is 0. The third-order valence-electron chi connectivity index (χ3n) is 4.07. The number of rotatable bonds is 9. The molecule has 0 aliphatic carbocycles. The van der Waals surface area contributed by atoms with Gasteiger partial charge in [-0.05, 0) is 37.1 Å². The van der Waals surface area contributed by atoms with E-state index in [1.54, 1.807) is 0 Å². The fourth-order valence-electron chi connectivity index (χ4n) is 3.09. The molecule has 0 saturated carbocycles. The van der Waals surface area contributed by atoms with Gasteiger partial charge < -0.3 is 9.64 Å². The Morgan fingerprint density at radius 2 is 1.80 bits per heavy atom. The molecular weight excluding hydrogens is 266 g/mol. The van der Waals surface area contributed by atoms with Crippen molar-refractivity contribution in [2.75, 3.05) is 44.9 Å². The molecule has 1 saturated heterocycles. The van der Waals surface area contributed by atoms with Crippen molar-refractivity contribution in [3.05, 3.63) is 0 Å². The zero-order valence-electron chi connectivity index (χ0n) is 14.1. The SMILES string of the molecule is COCC[C@@H](CCCCN1CCSCC1)CC(C)(C)C. The minimum atomic E-state index is 0.447. The summed E-state index contributed by atoms with van der Waals surface area (Å²) in [7, 11) is 1.82. The first kappa shape index (κ1) is 18.3. The number of nitrogens with zero attached hydrogens (tertiary/aromatic N) is 1. The van der Waals surface area contributed by atoms with Gasteiger partial charge in [0.1, 0.15) is 0 Å². The van der Waals surface area contributed by atoms with E-state index < -0.39 is 0 Å². The molecule has 1 fully saturated rings. The average molecular weight is 302 g/mol. The smallest absolute Gasteiger partial charge is 0.0464 e. The molecule has 1 rings (SSSR count). The van der Waals surface area contributed by atoms with Gasteiger partial charge in [-0.25, -0.2) is 0 Å². The van der Waals surface area contributed by atoms with E-state index in [2.05, 4.69) is 37.4 Å². The van der Waals surface area contributed by atoms with Crippen LogP contribution in [0.25, 0.3) is 0 Å². The highest BCUT2D eigenvalue weighted by Crippen LogP contribution is 2.29. The standard InChI is InChI=1S/C17H35NOS/c1-17(2,3)15-16(8-12-19-4)7-5-6-9-18-10-13-20-14-11-18/h16H,5-15H2,1-4H3/t16-/m1/s1. The van der Waals surface area contributed by atoms with Gasteiger partial charge in [-0.15, -0.1) is 0 Å². The number of hydrogen-bond donors (Lipinski definition) is 0. The molecule has 0 N–H and O–H groups in total. The summed E-state index contributed by atoms with van der Waals surface area (Å²) in [4.78, 5) is 2.64. The third kappa shape index (κ3) is 9.25. The quantitative estimate of drug-likeness (QED) is 0.589. The van der Waals surface area contributed by atoms with Crippen LogP contribution in [0.3, 0.4) is 0 Å². The van der Waals surface area contributed by atoms with Crippen molar-refractivity contribution in [3.63, 3.8) is 0 Å². The van der Waals surface area contributed by atoms with Gasteiger partial charge in [-0.3, -0.25) is 0 Å². The topological polar surface area (TPSA) is 12.5 Å². The van der Waals surface area contributed by atoms with Crippen molar-refractivity contribution in [1.82, 2.24) is 4.90 Å². The summed E-state index contributed by atoms with van der Waals surface area (Å²) in [5, 5.41) is 0. The zero-order chi connectivity index (χ0) is 14.8. The van der Waals surface area contributed by atoms with Crippen molar-refractivity contribution >= 4 is 11.8 Å². The Morgan fingerprint density at radius 3 is 2.40 bits per heavy atom. The summed E-state index contributed by atoms with van der Waals surface area (Å²) in [6.07, 6.45) is 6.69. The van der Waals surface area contributed by atoms with Crippen molar-refractivity contribution in [1.29, 1.82) is 0 Å². The van der Waals surface area contributed by atoms with Gasteiger partial charge in [0, 0.05) is 38.3 Å². The van der Waals surface area contributed by atoms with Crippen LogP contribution in [0.2, 0.25) is 0 Å². The number of methoxy groups -OCH3 is 1. The molecular formula is C17H35NOS. The summed E-state index contributed by atoms with van der Waals surface area (Å²) in [5.74, 6) is 3.51. The largest absolute Gasteiger partial charge is 0.385 e. The summed E-state index contributed by atoms with van der Waals surface area (Å²) < 4.78 is 5.28. The Balaban J connectivity index is 2.16. The molecule has 0 amide bonds. The molecule has 1 heterocycles. The van der Waals surface area contributed by atoms with Crippen LogP contribution in [0.4, 0.5) is 0 Å². The summed E-state index contributed by atoms with van der Waals surface area (Å²) in [6.45, 7) is 11.9. The van der Waals surface area contributed by atoms with Gasteiger partial charge in [-0.2, -0.15) is 11.8 Å². The van der Waals surface area contributed by atoms with Crippen LogP contribution in [0.5, 0.6) is 0 Å². The number of ether oxygens (including phenoxy) is 1. The molecule has 1 atom stereocenters. The highest BCUT2D eigenvalue weighted by atomic mass is 32.2. The molecule has 0 radical (unpaired) electrons. The van der Waals surface area contributed by atoms with Crippen molar-refractivity contribution in [3.8, 4) is 0 Å². The predicted molar refractivity (Wildman–Crippen MR) is 91.7 cm³/mol. The van der Waals surface area contributed by atoms with Crippen LogP contribution in [-0.4, -0.2) is 49.8 Å². The lowest BCUT2D eigenvalue weighted by atomic mass is 9.81. The van der Waals surface area contributed by atoms with Gasteiger partial charge in [0.2, 0.25) is 0 Å².